The van der Waals surface area contributed by atoms with Crippen LogP contribution in [0.1, 0.15) is 69.8 Å². The summed E-state index contributed by atoms with van der Waals surface area (Å²) in [7, 11) is 4.35. The van der Waals surface area contributed by atoms with Gasteiger partial charge in [-0.2, -0.15) is 0 Å². The van der Waals surface area contributed by atoms with E-state index in [0.29, 0.717) is 24.9 Å². The Morgan fingerprint density at radius 2 is 1.78 bits per heavy atom. The molecule has 5 rings (SSSR count). The topological polar surface area (TPSA) is 76.1 Å². The highest BCUT2D eigenvalue weighted by molar-refractivity contribution is 5.86. The predicted octanol–water partition coefficient (Wildman–Crippen LogP) is 3.57. The zero-order chi connectivity index (χ0) is 25.3. The number of benzene rings is 1. The van der Waals surface area contributed by atoms with Gasteiger partial charge in [0, 0.05) is 25.2 Å². The Morgan fingerprint density at radius 3 is 2.36 bits per heavy atom. The summed E-state index contributed by atoms with van der Waals surface area (Å²) in [5.41, 5.74) is 1.15. The van der Waals surface area contributed by atoms with Gasteiger partial charge in [0.2, 0.25) is 5.91 Å². The van der Waals surface area contributed by atoms with E-state index in [-0.39, 0.29) is 35.7 Å². The third-order valence-corrected chi connectivity index (χ3v) is 9.84. The van der Waals surface area contributed by atoms with E-state index in [1.165, 1.54) is 24.8 Å². The summed E-state index contributed by atoms with van der Waals surface area (Å²) in [4.78, 5) is 32.9. The standard InChI is InChI=1S/C29H44N4O3/c1-31(2)29(24-9-4-3-5-10-24)15-13-28(14-16-29)21-32(27(36)33(28)19-22-7-6-8-22)20-26(35)30-18-23-11-12-25(34)17-23/h3-5,9-10,22-23,25,34H,6-8,11-21H2,1-2H3,(H,30,35)/t23-,25+,28?,29?/m0/s1. The van der Waals surface area contributed by atoms with Crippen LogP contribution in [0, 0.1) is 11.8 Å². The number of aliphatic hydroxyl groups is 1. The van der Waals surface area contributed by atoms with Crippen molar-refractivity contribution in [3.05, 3.63) is 35.9 Å². The summed E-state index contributed by atoms with van der Waals surface area (Å²) in [6.45, 7) is 2.20. The molecule has 198 valence electrons. The second-order valence-corrected chi connectivity index (χ2v) is 12.2. The quantitative estimate of drug-likeness (QED) is 0.577. The lowest BCUT2D eigenvalue weighted by Crippen LogP contribution is -2.56. The van der Waals surface area contributed by atoms with E-state index < -0.39 is 0 Å². The summed E-state index contributed by atoms with van der Waals surface area (Å²) < 4.78 is 0. The number of nitrogens with one attached hydrogen (secondary N) is 1. The van der Waals surface area contributed by atoms with Crippen LogP contribution in [0.5, 0.6) is 0 Å². The number of hydrogen-bond donors (Lipinski definition) is 2. The first-order valence-corrected chi connectivity index (χ1v) is 14.1. The number of hydrogen-bond acceptors (Lipinski definition) is 4. The van der Waals surface area contributed by atoms with Gasteiger partial charge in [0.15, 0.2) is 0 Å². The fourth-order valence-electron chi connectivity index (χ4n) is 7.23. The summed E-state index contributed by atoms with van der Waals surface area (Å²) in [5.74, 6) is 0.867. The summed E-state index contributed by atoms with van der Waals surface area (Å²) in [6.07, 6.45) is 9.90. The number of amides is 3. The van der Waals surface area contributed by atoms with Crippen LogP contribution in [0.4, 0.5) is 4.79 Å². The molecule has 3 amide bonds. The Labute approximate surface area is 216 Å². The Kier molecular flexibility index (Phi) is 7.32. The molecular formula is C29H44N4O3. The van der Waals surface area contributed by atoms with Crippen LogP contribution in [0.3, 0.4) is 0 Å². The van der Waals surface area contributed by atoms with Gasteiger partial charge in [-0.3, -0.25) is 9.69 Å². The largest absolute Gasteiger partial charge is 0.393 e. The highest BCUT2D eigenvalue weighted by atomic mass is 16.3. The third kappa shape index (κ3) is 4.89. The third-order valence-electron chi connectivity index (χ3n) is 9.84. The summed E-state index contributed by atoms with van der Waals surface area (Å²) >= 11 is 0. The monoisotopic (exact) mass is 496 g/mol. The van der Waals surface area contributed by atoms with Crippen LogP contribution in [-0.4, -0.2) is 83.7 Å². The van der Waals surface area contributed by atoms with E-state index in [9.17, 15) is 14.7 Å². The number of aliphatic hydroxyl groups excluding tert-OH is 1. The first kappa shape index (κ1) is 25.5. The normalized spacial score (nSPS) is 32.9. The maximum Gasteiger partial charge on any atom is 0.321 e. The zero-order valence-electron chi connectivity index (χ0n) is 22.1. The Balaban J connectivity index is 1.28. The number of urea groups is 1. The average Bonchev–Trinajstić information content (AvgIpc) is 3.37. The van der Waals surface area contributed by atoms with E-state index in [4.69, 9.17) is 0 Å². The average molecular weight is 497 g/mol. The summed E-state index contributed by atoms with van der Waals surface area (Å²) in [6, 6.07) is 10.9. The van der Waals surface area contributed by atoms with Crippen LogP contribution >= 0.6 is 0 Å². The van der Waals surface area contributed by atoms with Crippen molar-refractivity contribution in [1.29, 1.82) is 0 Å². The number of nitrogens with zero attached hydrogens (tertiary/aromatic N) is 3. The van der Waals surface area contributed by atoms with Crippen molar-refractivity contribution in [3.63, 3.8) is 0 Å². The second kappa shape index (κ2) is 10.3. The van der Waals surface area contributed by atoms with Gasteiger partial charge in [0.1, 0.15) is 6.54 Å². The molecule has 36 heavy (non-hydrogen) atoms. The Morgan fingerprint density at radius 1 is 1.06 bits per heavy atom. The fourth-order valence-corrected chi connectivity index (χ4v) is 7.23. The van der Waals surface area contributed by atoms with Gasteiger partial charge in [-0.15, -0.1) is 0 Å². The number of carbonyl (C=O) groups excluding carboxylic acids is 2. The highest BCUT2D eigenvalue weighted by Gasteiger charge is 2.55. The molecule has 3 aliphatic carbocycles. The molecule has 1 aromatic carbocycles. The predicted molar refractivity (Wildman–Crippen MR) is 140 cm³/mol. The number of rotatable bonds is 8. The van der Waals surface area contributed by atoms with E-state index in [1.807, 2.05) is 4.90 Å². The van der Waals surface area contributed by atoms with Gasteiger partial charge < -0.3 is 20.2 Å². The van der Waals surface area contributed by atoms with Gasteiger partial charge >= 0.3 is 6.03 Å². The lowest BCUT2D eigenvalue weighted by molar-refractivity contribution is -0.121. The fraction of sp³-hybridized carbons (Fsp3) is 0.724. The summed E-state index contributed by atoms with van der Waals surface area (Å²) in [5, 5.41) is 12.8. The van der Waals surface area contributed by atoms with Crippen molar-refractivity contribution in [2.24, 2.45) is 11.8 Å². The van der Waals surface area contributed by atoms with Crippen LogP contribution in [-0.2, 0) is 10.3 Å². The SMILES string of the molecule is CN(C)C1(c2ccccc2)CCC2(CC1)CN(CC(=O)NC[C@H]1CC[C@@H](O)C1)C(=O)N2CC1CCC1. The minimum Gasteiger partial charge on any atom is -0.393 e. The first-order chi connectivity index (χ1) is 17.3. The molecule has 4 aliphatic rings. The van der Waals surface area contributed by atoms with Crippen molar-refractivity contribution in [3.8, 4) is 0 Å². The van der Waals surface area contributed by atoms with E-state index >= 15 is 0 Å². The molecular weight excluding hydrogens is 452 g/mol. The van der Waals surface area contributed by atoms with Gasteiger partial charge in [0.05, 0.1) is 11.6 Å². The van der Waals surface area contributed by atoms with Crippen LogP contribution in [0.2, 0.25) is 0 Å². The number of carbonyl (C=O) groups is 2. The van der Waals surface area contributed by atoms with Crippen molar-refractivity contribution < 1.29 is 14.7 Å². The lowest BCUT2D eigenvalue weighted by Gasteiger charge is -2.51. The first-order valence-electron chi connectivity index (χ1n) is 14.1. The lowest BCUT2D eigenvalue weighted by atomic mass is 9.68. The van der Waals surface area contributed by atoms with Gasteiger partial charge in [0.25, 0.3) is 0 Å². The van der Waals surface area contributed by atoms with Gasteiger partial charge in [-0.05, 0) is 89.3 Å². The minimum absolute atomic E-state index is 0.0195. The molecule has 7 heteroatoms. The molecule has 0 radical (unpaired) electrons. The molecule has 2 N–H and O–H groups in total. The molecule has 1 spiro atoms. The molecule has 2 atom stereocenters. The maximum absolute atomic E-state index is 13.7. The molecule has 0 bridgehead atoms. The molecule has 0 unspecified atom stereocenters. The van der Waals surface area contributed by atoms with Crippen molar-refractivity contribution in [1.82, 2.24) is 20.0 Å². The van der Waals surface area contributed by atoms with Crippen LogP contribution in [0.25, 0.3) is 0 Å². The van der Waals surface area contributed by atoms with E-state index in [0.717, 1.165) is 51.5 Å². The van der Waals surface area contributed by atoms with Crippen LogP contribution in [0.15, 0.2) is 30.3 Å². The van der Waals surface area contributed by atoms with Gasteiger partial charge in [-0.1, -0.05) is 36.8 Å². The van der Waals surface area contributed by atoms with E-state index in [2.05, 4.69) is 59.5 Å². The zero-order valence-corrected chi connectivity index (χ0v) is 22.1. The Hall–Kier alpha value is -2.12. The Bertz CT molecular complexity index is 924. The molecule has 7 nitrogen and oxygen atoms in total. The second-order valence-electron chi connectivity index (χ2n) is 12.2. The minimum atomic E-state index is -0.233. The van der Waals surface area contributed by atoms with Crippen LogP contribution < -0.4 is 5.32 Å². The van der Waals surface area contributed by atoms with E-state index in [1.54, 1.807) is 0 Å². The molecule has 3 saturated carbocycles. The highest BCUT2D eigenvalue weighted by Crippen LogP contribution is 2.49. The van der Waals surface area contributed by atoms with Crippen molar-refractivity contribution >= 4 is 11.9 Å². The van der Waals surface area contributed by atoms with Crippen molar-refractivity contribution in [2.45, 2.75) is 81.4 Å². The molecule has 1 aromatic rings. The molecule has 1 aliphatic heterocycles. The molecule has 4 fully saturated rings. The molecule has 1 heterocycles. The molecule has 1 saturated heterocycles. The molecule has 0 aromatic heterocycles. The van der Waals surface area contributed by atoms with Gasteiger partial charge in [-0.25, -0.2) is 4.79 Å². The smallest absolute Gasteiger partial charge is 0.321 e. The maximum atomic E-state index is 13.7. The van der Waals surface area contributed by atoms with Crippen molar-refractivity contribution in [2.75, 3.05) is 40.3 Å².